The Balaban J connectivity index is 0.880. The van der Waals surface area contributed by atoms with Crippen molar-refractivity contribution in [3.63, 3.8) is 0 Å². The number of nitrogens with one attached hydrogen (secondary N) is 4. The largest absolute Gasteiger partial charge is 0.453 e. The summed E-state index contributed by atoms with van der Waals surface area (Å²) < 4.78 is 9.75. The minimum absolute atomic E-state index is 0.0756. The van der Waals surface area contributed by atoms with Gasteiger partial charge < -0.3 is 39.9 Å². The number of amides is 4. The first-order valence-corrected chi connectivity index (χ1v) is 22.0. The number of piperidine rings is 2. The number of fused-ring (bicyclic) bond motifs is 6. The lowest BCUT2D eigenvalue weighted by Crippen LogP contribution is -2.54. The third kappa shape index (κ3) is 7.05. The van der Waals surface area contributed by atoms with Gasteiger partial charge in [-0.3, -0.25) is 9.59 Å². The predicted octanol–water partition coefficient (Wildman–Crippen LogP) is 8.21. The summed E-state index contributed by atoms with van der Waals surface area (Å²) in [5.41, 5.74) is 6.44. The van der Waals surface area contributed by atoms with Gasteiger partial charge in [0, 0.05) is 17.5 Å². The highest BCUT2D eigenvalue weighted by molar-refractivity contribution is 6.05. The summed E-state index contributed by atoms with van der Waals surface area (Å²) in [6, 6.07) is 26.4. The number of hydrogen-bond acceptors (Lipinski definition) is 8. The van der Waals surface area contributed by atoms with Gasteiger partial charge in [-0.25, -0.2) is 19.6 Å². The van der Waals surface area contributed by atoms with E-state index in [1.165, 1.54) is 14.2 Å². The van der Waals surface area contributed by atoms with Crippen LogP contribution in [-0.4, -0.2) is 86.1 Å². The zero-order chi connectivity index (χ0) is 43.7. The van der Waals surface area contributed by atoms with E-state index < -0.39 is 24.3 Å². The minimum Gasteiger partial charge on any atom is -0.453 e. The van der Waals surface area contributed by atoms with Crippen molar-refractivity contribution in [3.05, 3.63) is 108 Å². The second-order valence-corrected chi connectivity index (χ2v) is 18.0. The molecule has 324 valence electrons. The summed E-state index contributed by atoms with van der Waals surface area (Å²) in [7, 11) is 2.61. The average molecular weight is 849 g/mol. The van der Waals surface area contributed by atoms with Gasteiger partial charge in [0.1, 0.15) is 23.7 Å². The number of hydrogen-bond donors (Lipinski definition) is 4. The van der Waals surface area contributed by atoms with Crippen LogP contribution in [0.15, 0.2) is 91.1 Å². The summed E-state index contributed by atoms with van der Waals surface area (Å²) in [6.45, 7) is 6.04. The number of aromatic amines is 2. The van der Waals surface area contributed by atoms with Crippen molar-refractivity contribution in [1.29, 1.82) is 0 Å². The van der Waals surface area contributed by atoms with Crippen LogP contribution in [-0.2, 0) is 19.1 Å². The zero-order valence-corrected chi connectivity index (χ0v) is 36.0. The molecule has 4 N–H and O–H groups in total. The number of carbonyl (C=O) groups is 4. The number of ether oxygens (including phenoxy) is 2. The first-order valence-electron chi connectivity index (χ1n) is 22.0. The van der Waals surface area contributed by atoms with Crippen LogP contribution in [0.2, 0.25) is 0 Å². The van der Waals surface area contributed by atoms with Crippen LogP contribution >= 0.6 is 0 Å². The Morgan fingerprint density at radius 1 is 0.778 bits per heavy atom. The molecule has 0 unspecified atom stereocenters. The van der Waals surface area contributed by atoms with E-state index in [1.807, 2.05) is 66.2 Å². The van der Waals surface area contributed by atoms with E-state index in [4.69, 9.17) is 19.4 Å². The SMILES string of the molecule is COC(=O)N[C@H](C(=O)N1[C@@H]2CC[C@@H](C2)[C@H]1c1ncc(-c2ccc(-c3ccc4c(ccc5nc([C@@H]6C[C@H]7[C@@H](C)[C@H]7N6C(=O)[C@H](NC(=O)OC)c6ccccc6)[nH]c54)c3)cc2)[nH]1)C(C)C. The van der Waals surface area contributed by atoms with Gasteiger partial charge in [-0.15, -0.1) is 0 Å². The second kappa shape index (κ2) is 15.9. The van der Waals surface area contributed by atoms with Crippen LogP contribution in [0.4, 0.5) is 9.59 Å². The number of imidazole rings is 2. The molecular weight excluding hydrogens is 797 g/mol. The van der Waals surface area contributed by atoms with Crippen LogP contribution < -0.4 is 10.6 Å². The Kier molecular flexibility index (Phi) is 10.2. The molecule has 4 amide bonds. The normalized spacial score (nSPS) is 24.4. The molecule has 0 radical (unpaired) electrons. The number of rotatable bonds is 10. The van der Waals surface area contributed by atoms with Crippen LogP contribution in [0.3, 0.4) is 0 Å². The van der Waals surface area contributed by atoms with Gasteiger partial charge in [0.2, 0.25) is 5.91 Å². The molecular formula is C49H52N8O6. The van der Waals surface area contributed by atoms with Crippen molar-refractivity contribution >= 4 is 45.8 Å². The van der Waals surface area contributed by atoms with Gasteiger partial charge in [0.25, 0.3) is 5.91 Å². The number of likely N-dealkylation sites (tertiary alicyclic amines) is 2. The highest BCUT2D eigenvalue weighted by atomic mass is 16.5. The van der Waals surface area contributed by atoms with E-state index >= 15 is 0 Å². The lowest BCUT2D eigenvalue weighted by Gasteiger charge is -2.37. The quantitative estimate of drug-likeness (QED) is 0.107. The molecule has 6 aromatic rings. The Hall–Kier alpha value is -6.70. The molecule has 4 aromatic carbocycles. The van der Waals surface area contributed by atoms with Gasteiger partial charge in [-0.05, 0) is 89.1 Å². The second-order valence-electron chi connectivity index (χ2n) is 18.0. The molecule has 2 aromatic heterocycles. The Morgan fingerprint density at radius 2 is 1.51 bits per heavy atom. The van der Waals surface area contributed by atoms with Crippen molar-refractivity contribution in [2.24, 2.45) is 23.7 Å². The molecule has 2 bridgehead atoms. The van der Waals surface area contributed by atoms with E-state index in [0.29, 0.717) is 23.3 Å². The molecule has 14 heteroatoms. The number of nitrogens with zero attached hydrogens (tertiary/aromatic N) is 4. The molecule has 2 saturated carbocycles. The summed E-state index contributed by atoms with van der Waals surface area (Å²) >= 11 is 0. The van der Waals surface area contributed by atoms with Crippen molar-refractivity contribution < 1.29 is 28.7 Å². The molecule has 9 atom stereocenters. The first-order chi connectivity index (χ1) is 30.5. The number of aromatic nitrogens is 4. The molecule has 10 rings (SSSR count). The summed E-state index contributed by atoms with van der Waals surface area (Å²) in [4.78, 5) is 74.0. The molecule has 2 aliphatic heterocycles. The molecule has 0 spiro atoms. The molecule has 4 aliphatic rings. The lowest BCUT2D eigenvalue weighted by atomic mass is 9.95. The molecule has 4 fully saturated rings. The topological polar surface area (TPSA) is 175 Å². The summed E-state index contributed by atoms with van der Waals surface area (Å²) in [5, 5.41) is 7.65. The van der Waals surface area contributed by atoms with E-state index in [0.717, 1.165) is 81.5 Å². The van der Waals surface area contributed by atoms with Gasteiger partial charge in [-0.1, -0.05) is 93.6 Å². The van der Waals surface area contributed by atoms with Gasteiger partial charge in [0.15, 0.2) is 0 Å². The average Bonchev–Trinajstić information content (AvgIpc) is 4.04. The Labute approximate surface area is 365 Å². The maximum absolute atomic E-state index is 14.4. The van der Waals surface area contributed by atoms with E-state index in [-0.39, 0.29) is 41.9 Å². The van der Waals surface area contributed by atoms with Crippen LogP contribution in [0.25, 0.3) is 44.2 Å². The number of H-pyrrole nitrogens is 2. The summed E-state index contributed by atoms with van der Waals surface area (Å²) in [5.74, 6) is 2.17. The Morgan fingerprint density at radius 3 is 2.25 bits per heavy atom. The van der Waals surface area contributed by atoms with Gasteiger partial charge >= 0.3 is 12.2 Å². The Bertz CT molecular complexity index is 2730. The van der Waals surface area contributed by atoms with Crippen molar-refractivity contribution in [2.75, 3.05) is 14.2 Å². The maximum atomic E-state index is 14.4. The molecule has 2 aliphatic carbocycles. The monoisotopic (exact) mass is 848 g/mol. The smallest absolute Gasteiger partial charge is 0.407 e. The minimum atomic E-state index is -0.889. The van der Waals surface area contributed by atoms with Crippen LogP contribution in [0.1, 0.15) is 81.8 Å². The molecule has 4 heterocycles. The lowest BCUT2D eigenvalue weighted by molar-refractivity contribution is -0.139. The highest BCUT2D eigenvalue weighted by Crippen LogP contribution is 2.58. The van der Waals surface area contributed by atoms with E-state index in [1.54, 1.807) is 0 Å². The predicted molar refractivity (Wildman–Crippen MR) is 237 cm³/mol. The number of benzene rings is 4. The van der Waals surface area contributed by atoms with Gasteiger partial charge in [0.05, 0.1) is 49.2 Å². The van der Waals surface area contributed by atoms with Crippen molar-refractivity contribution in [3.8, 4) is 22.4 Å². The van der Waals surface area contributed by atoms with Crippen LogP contribution in [0, 0.1) is 23.7 Å². The standard InChI is InChI=1S/C49H52N8O6/c1-25(2)39(54-48(60)62-4)46(58)56-33-18-15-32(22-33)43(56)45-50-24-37(52-45)28-13-11-27(12-14-28)30-16-19-34-31(21-30)17-20-36-41(34)53-44(51-36)38-23-35-26(3)42(35)57(38)47(59)40(55-49(61)63-5)29-9-7-6-8-10-29/h6-14,16-17,19-21,24-26,32-33,35,38-40,42-43H,15,18,22-23H2,1-5H3,(H,50,52)(H,51,53)(H,54,60)(H,55,61)/t26-,32+,33-,35+,38+,39+,40-,42-,43+/m1/s1. The molecule has 2 saturated heterocycles. The third-order valence-corrected chi connectivity index (χ3v) is 14.2. The molecule has 14 nitrogen and oxygen atoms in total. The van der Waals surface area contributed by atoms with Crippen molar-refractivity contribution in [1.82, 2.24) is 40.4 Å². The fraction of sp³-hybridized carbons (Fsp3) is 0.388. The fourth-order valence-electron chi connectivity index (χ4n) is 10.9. The third-order valence-electron chi connectivity index (χ3n) is 14.2. The van der Waals surface area contributed by atoms with E-state index in [2.05, 4.69) is 76.1 Å². The zero-order valence-electron chi connectivity index (χ0n) is 36.0. The first kappa shape index (κ1) is 40.4. The van der Waals surface area contributed by atoms with Crippen molar-refractivity contribution in [2.45, 2.75) is 82.7 Å². The maximum Gasteiger partial charge on any atom is 0.407 e. The van der Waals surface area contributed by atoms with E-state index in [9.17, 15) is 19.2 Å². The van der Waals surface area contributed by atoms with Crippen LogP contribution in [0.5, 0.6) is 0 Å². The molecule has 63 heavy (non-hydrogen) atoms. The summed E-state index contributed by atoms with van der Waals surface area (Å²) in [6.07, 6.45) is 4.28. The number of alkyl carbamates (subject to hydrolysis) is 2. The highest BCUT2D eigenvalue weighted by Gasteiger charge is 2.61. The fourth-order valence-corrected chi connectivity index (χ4v) is 10.9. The number of methoxy groups -OCH3 is 2. The van der Waals surface area contributed by atoms with Gasteiger partial charge in [-0.2, -0.15) is 0 Å². The number of carbonyl (C=O) groups excluding carboxylic acids is 4.